The average molecular weight is 504 g/mol. The summed E-state index contributed by atoms with van der Waals surface area (Å²) in [5, 5.41) is 9.13. The van der Waals surface area contributed by atoms with E-state index in [-0.39, 0.29) is 0 Å². The van der Waals surface area contributed by atoms with Gasteiger partial charge in [-0.2, -0.15) is 0 Å². The van der Waals surface area contributed by atoms with E-state index >= 15 is 0 Å². The highest BCUT2D eigenvalue weighted by molar-refractivity contribution is 5.78. The van der Waals surface area contributed by atoms with Crippen molar-refractivity contribution in [1.82, 2.24) is 0 Å². The number of rotatable bonds is 5. The number of nitrogens with two attached hydrogens (primary N) is 1. The molecule has 0 fully saturated rings. The van der Waals surface area contributed by atoms with Gasteiger partial charge in [0.2, 0.25) is 0 Å². The molecule has 188 valence electrons. The number of nitrogens with zero attached hydrogens (tertiary/aromatic N) is 2. The largest absolute Gasteiger partial charge is 0.398 e. The van der Waals surface area contributed by atoms with E-state index in [0.717, 1.165) is 44.9 Å². The van der Waals surface area contributed by atoms with Crippen LogP contribution in [0.4, 0.5) is 17.1 Å². The molecule has 0 atom stereocenters. The van der Waals surface area contributed by atoms with Crippen molar-refractivity contribution in [2.75, 3.05) is 5.73 Å². The second-order valence-corrected chi connectivity index (χ2v) is 8.92. The summed E-state index contributed by atoms with van der Waals surface area (Å²) in [6.45, 7) is 0. The molecule has 0 saturated heterocycles. The maximum Gasteiger partial charge on any atom is 0.0935 e. The van der Waals surface area contributed by atoms with Crippen LogP contribution in [0.5, 0.6) is 0 Å². The average Bonchev–Trinajstić information content (AvgIpc) is 3.02. The normalized spacial score (nSPS) is 10.6. The maximum absolute atomic E-state index is 5.85. The van der Waals surface area contributed by atoms with Gasteiger partial charge in [-0.15, -0.1) is 10.2 Å². The number of benzene rings is 6. The Balaban J connectivity index is 0.000000198. The van der Waals surface area contributed by atoms with Crippen molar-refractivity contribution in [2.45, 2.75) is 0 Å². The zero-order valence-corrected chi connectivity index (χ0v) is 21.6. The first kappa shape index (κ1) is 25.4. The van der Waals surface area contributed by atoms with Crippen molar-refractivity contribution in [3.63, 3.8) is 0 Å². The number of azo groups is 1. The predicted molar refractivity (Wildman–Crippen MR) is 164 cm³/mol. The molecular formula is C36H29N3. The molecule has 3 nitrogen and oxygen atoms in total. The summed E-state index contributed by atoms with van der Waals surface area (Å²) >= 11 is 0. The van der Waals surface area contributed by atoms with Crippen LogP contribution in [-0.2, 0) is 0 Å². The molecule has 2 N–H and O–H groups in total. The van der Waals surface area contributed by atoms with Gasteiger partial charge in [-0.3, -0.25) is 0 Å². The molecule has 0 aromatic heterocycles. The standard InChI is InChI=1S/C24H18N2.C12H11N/c1-3-11-19(12-4-1)21-15-7-9-17-23(21)25-26-24-18-10-8-16-22(24)20-13-5-2-6-14-20;13-12-9-5-4-8-11(12)10-6-2-1-3-7-10/h1-18H;1-9H,13H2. The summed E-state index contributed by atoms with van der Waals surface area (Å²) in [6.07, 6.45) is 0. The van der Waals surface area contributed by atoms with Crippen LogP contribution in [0.25, 0.3) is 33.4 Å². The van der Waals surface area contributed by atoms with Gasteiger partial charge in [0.25, 0.3) is 0 Å². The van der Waals surface area contributed by atoms with E-state index in [1.807, 2.05) is 115 Å². The van der Waals surface area contributed by atoms with Crippen LogP contribution in [0.2, 0.25) is 0 Å². The highest BCUT2D eigenvalue weighted by Gasteiger charge is 2.06. The summed E-state index contributed by atoms with van der Waals surface area (Å²) in [5.74, 6) is 0. The Bertz CT molecular complexity index is 1560. The van der Waals surface area contributed by atoms with Crippen LogP contribution in [0, 0.1) is 0 Å². The first-order valence-electron chi connectivity index (χ1n) is 12.9. The highest BCUT2D eigenvalue weighted by atomic mass is 15.1. The highest BCUT2D eigenvalue weighted by Crippen LogP contribution is 2.34. The fourth-order valence-electron chi connectivity index (χ4n) is 4.33. The van der Waals surface area contributed by atoms with Crippen molar-refractivity contribution < 1.29 is 0 Å². The molecule has 3 heteroatoms. The molecule has 6 aromatic carbocycles. The van der Waals surface area contributed by atoms with Gasteiger partial charge in [-0.05, 0) is 34.9 Å². The topological polar surface area (TPSA) is 50.7 Å². The number of para-hydroxylation sites is 1. The van der Waals surface area contributed by atoms with E-state index in [9.17, 15) is 0 Å². The third kappa shape index (κ3) is 6.54. The van der Waals surface area contributed by atoms with E-state index in [0.29, 0.717) is 0 Å². The van der Waals surface area contributed by atoms with Crippen LogP contribution in [-0.4, -0.2) is 0 Å². The van der Waals surface area contributed by atoms with E-state index in [4.69, 9.17) is 5.73 Å². The van der Waals surface area contributed by atoms with E-state index < -0.39 is 0 Å². The Kier molecular flexibility index (Phi) is 8.33. The van der Waals surface area contributed by atoms with Crippen LogP contribution < -0.4 is 5.73 Å². The van der Waals surface area contributed by atoms with Crippen molar-refractivity contribution in [3.8, 4) is 33.4 Å². The van der Waals surface area contributed by atoms with E-state index in [1.54, 1.807) is 0 Å². The minimum atomic E-state index is 0.828. The molecule has 0 unspecified atom stereocenters. The molecule has 6 rings (SSSR count). The molecule has 0 radical (unpaired) electrons. The van der Waals surface area contributed by atoms with Gasteiger partial charge in [0.1, 0.15) is 0 Å². The van der Waals surface area contributed by atoms with Crippen LogP contribution in [0.3, 0.4) is 0 Å². The second-order valence-electron chi connectivity index (χ2n) is 8.92. The number of hydrogen-bond acceptors (Lipinski definition) is 3. The predicted octanol–water partition coefficient (Wildman–Crippen LogP) is 10.4. The van der Waals surface area contributed by atoms with Gasteiger partial charge in [-0.25, -0.2) is 0 Å². The first-order chi connectivity index (χ1) is 19.3. The number of hydrogen-bond donors (Lipinski definition) is 1. The molecule has 0 heterocycles. The zero-order valence-electron chi connectivity index (χ0n) is 21.6. The number of nitrogen functional groups attached to an aromatic ring is 1. The smallest absolute Gasteiger partial charge is 0.0935 e. The second kappa shape index (κ2) is 12.8. The van der Waals surface area contributed by atoms with Gasteiger partial charge in [0.15, 0.2) is 0 Å². The van der Waals surface area contributed by atoms with Gasteiger partial charge in [0.05, 0.1) is 11.4 Å². The van der Waals surface area contributed by atoms with Gasteiger partial charge in [0, 0.05) is 22.4 Å². The van der Waals surface area contributed by atoms with Crippen molar-refractivity contribution >= 4 is 17.1 Å². The molecule has 0 aliphatic carbocycles. The molecule has 6 aromatic rings. The monoisotopic (exact) mass is 503 g/mol. The first-order valence-corrected chi connectivity index (χ1v) is 12.9. The molecule has 0 bridgehead atoms. The molecular weight excluding hydrogens is 474 g/mol. The maximum atomic E-state index is 5.85. The van der Waals surface area contributed by atoms with E-state index in [1.165, 1.54) is 5.56 Å². The third-order valence-electron chi connectivity index (χ3n) is 6.29. The summed E-state index contributed by atoms with van der Waals surface area (Å²) in [4.78, 5) is 0. The summed E-state index contributed by atoms with van der Waals surface area (Å²) < 4.78 is 0. The van der Waals surface area contributed by atoms with Crippen molar-refractivity contribution in [1.29, 1.82) is 0 Å². The van der Waals surface area contributed by atoms with Crippen molar-refractivity contribution in [2.24, 2.45) is 10.2 Å². The Morgan fingerprint density at radius 1 is 0.308 bits per heavy atom. The quantitative estimate of drug-likeness (QED) is 0.185. The fraction of sp³-hybridized carbons (Fsp3) is 0. The van der Waals surface area contributed by atoms with Crippen LogP contribution >= 0.6 is 0 Å². The van der Waals surface area contributed by atoms with Gasteiger partial charge in [-0.1, -0.05) is 146 Å². The Labute approximate surface area is 230 Å². The summed E-state index contributed by atoms with van der Waals surface area (Å²) in [5.41, 5.74) is 15.1. The van der Waals surface area contributed by atoms with Gasteiger partial charge < -0.3 is 5.73 Å². The third-order valence-corrected chi connectivity index (χ3v) is 6.29. The van der Waals surface area contributed by atoms with E-state index in [2.05, 4.69) is 58.8 Å². The molecule has 0 spiro atoms. The van der Waals surface area contributed by atoms with Crippen LogP contribution in [0.1, 0.15) is 0 Å². The lowest BCUT2D eigenvalue weighted by Gasteiger charge is -2.06. The molecule has 0 aliphatic heterocycles. The molecule has 0 amide bonds. The Morgan fingerprint density at radius 3 is 1.03 bits per heavy atom. The zero-order chi connectivity index (χ0) is 26.7. The summed E-state index contributed by atoms with van der Waals surface area (Å²) in [7, 11) is 0. The molecule has 0 saturated carbocycles. The minimum Gasteiger partial charge on any atom is -0.398 e. The van der Waals surface area contributed by atoms with Crippen molar-refractivity contribution in [3.05, 3.63) is 164 Å². The Hall–Kier alpha value is -5.28. The van der Waals surface area contributed by atoms with Gasteiger partial charge >= 0.3 is 0 Å². The lowest BCUT2D eigenvalue weighted by Crippen LogP contribution is -1.88. The fourth-order valence-corrected chi connectivity index (χ4v) is 4.33. The SMILES string of the molecule is Nc1ccccc1-c1ccccc1.c1ccc(-c2ccccc2N=Nc2ccccc2-c2ccccc2)cc1. The minimum absolute atomic E-state index is 0.828. The lowest BCUT2D eigenvalue weighted by atomic mass is 10.0. The summed E-state index contributed by atoms with van der Waals surface area (Å²) in [6, 6.07) is 54.8. The Morgan fingerprint density at radius 2 is 0.615 bits per heavy atom. The lowest BCUT2D eigenvalue weighted by molar-refractivity contribution is 1.23. The molecule has 0 aliphatic rings. The van der Waals surface area contributed by atoms with Crippen LogP contribution in [0.15, 0.2) is 174 Å². The number of anilines is 1. The molecule has 39 heavy (non-hydrogen) atoms.